The molecule has 0 N–H and O–H groups in total. The van der Waals surface area contributed by atoms with Crippen molar-refractivity contribution in [1.29, 1.82) is 0 Å². The Morgan fingerprint density at radius 3 is 1.27 bits per heavy atom. The second kappa shape index (κ2) is 19.7. The first kappa shape index (κ1) is 24.4. The molecule has 0 amide bonds. The molecule has 0 aromatic heterocycles. The minimum atomic E-state index is 0. The fourth-order valence-electron chi connectivity index (χ4n) is 0.663. The summed E-state index contributed by atoms with van der Waals surface area (Å²) in [6, 6.07) is 22.5. The van der Waals surface area contributed by atoms with Crippen molar-refractivity contribution in [3.05, 3.63) is 66.7 Å². The molecule has 0 aliphatic carbocycles. The van der Waals surface area contributed by atoms with E-state index in [2.05, 4.69) is 6.07 Å². The average molecular weight is 296 g/mol. The Hall–Kier alpha value is 0.154. The molecular weight excluding hydrogens is 286 g/mol. The van der Waals surface area contributed by atoms with Crippen LogP contribution in [0.25, 0.3) is 0 Å². The number of benzene rings is 1. The molecule has 0 fully saturated rings. The van der Waals surface area contributed by atoms with Gasteiger partial charge in [0.05, 0.1) is 0 Å². The maximum absolute atomic E-state index is 2.89. The maximum atomic E-state index is 2.89. The predicted octanol–water partition coefficient (Wildman–Crippen LogP) is -6.10. The first-order valence-corrected chi connectivity index (χ1v) is 3.58. The minimum absolute atomic E-state index is 0. The van der Waals surface area contributed by atoms with Crippen molar-refractivity contribution in [1.82, 2.24) is 0 Å². The molecule has 0 atom stereocenters. The summed E-state index contributed by atoms with van der Waals surface area (Å²) in [5.41, 5.74) is 0. The maximum Gasteiger partial charge on any atom is 3.00 e. The SMILES string of the molecule is [Cl-].[Cl-].[Cl-].[Ti+3].[c-]1ccccc1.c1cc[cH-]c1. The topological polar surface area (TPSA) is 0 Å². The number of hydrogen-bond donors (Lipinski definition) is 0. The van der Waals surface area contributed by atoms with E-state index in [-0.39, 0.29) is 58.9 Å². The molecule has 0 bridgehead atoms. The Labute approximate surface area is 125 Å². The second-order valence-corrected chi connectivity index (χ2v) is 2.04. The van der Waals surface area contributed by atoms with E-state index in [0.29, 0.717) is 0 Å². The van der Waals surface area contributed by atoms with E-state index in [1.165, 1.54) is 0 Å². The number of hydrogen-bond acceptors (Lipinski definition) is 0. The first-order chi connectivity index (χ1) is 5.50. The van der Waals surface area contributed by atoms with Crippen LogP contribution in [0.1, 0.15) is 0 Å². The summed E-state index contributed by atoms with van der Waals surface area (Å²) in [6.45, 7) is 0. The van der Waals surface area contributed by atoms with E-state index in [4.69, 9.17) is 0 Å². The van der Waals surface area contributed by atoms with Gasteiger partial charge in [-0.05, 0) is 0 Å². The molecule has 4 heteroatoms. The molecule has 15 heavy (non-hydrogen) atoms. The van der Waals surface area contributed by atoms with Crippen LogP contribution in [0.15, 0.2) is 60.7 Å². The van der Waals surface area contributed by atoms with Crippen molar-refractivity contribution < 1.29 is 58.9 Å². The van der Waals surface area contributed by atoms with Crippen LogP contribution in [0.3, 0.4) is 0 Å². The normalized spacial score (nSPS) is 5.87. The van der Waals surface area contributed by atoms with Gasteiger partial charge < -0.3 is 37.2 Å². The van der Waals surface area contributed by atoms with Gasteiger partial charge in [0.15, 0.2) is 0 Å². The van der Waals surface area contributed by atoms with Gasteiger partial charge in [-0.3, -0.25) is 0 Å². The fourth-order valence-corrected chi connectivity index (χ4v) is 0.663. The van der Waals surface area contributed by atoms with Crippen molar-refractivity contribution >= 4 is 0 Å². The Morgan fingerprint density at radius 1 is 0.667 bits per heavy atom. The molecule has 0 aliphatic rings. The van der Waals surface area contributed by atoms with Gasteiger partial charge in [0.25, 0.3) is 0 Å². The molecule has 2 rings (SSSR count). The van der Waals surface area contributed by atoms with Gasteiger partial charge in [0.1, 0.15) is 0 Å². The summed E-state index contributed by atoms with van der Waals surface area (Å²) >= 11 is 0. The summed E-state index contributed by atoms with van der Waals surface area (Å²) in [7, 11) is 0. The Balaban J connectivity index is -0.0000000642. The van der Waals surface area contributed by atoms with Crippen molar-refractivity contribution in [2.75, 3.05) is 0 Å². The minimum Gasteiger partial charge on any atom is -1.00 e. The Bertz CT molecular complexity index is 202. The standard InChI is InChI=1S/C6H5.C5H5.3ClH.Ti/c1-2-4-6-5-3-1;1-2-4-5-3-1;;;;/h1-5H;1-5H;3*1H;/q2*-1;;;;+3/p-3. The van der Waals surface area contributed by atoms with Gasteiger partial charge in [-0.1, -0.05) is 0 Å². The van der Waals surface area contributed by atoms with Crippen LogP contribution < -0.4 is 37.2 Å². The summed E-state index contributed by atoms with van der Waals surface area (Å²) < 4.78 is 0. The molecular formula is C11H10Cl3Ti-2. The molecule has 0 saturated carbocycles. The Morgan fingerprint density at radius 2 is 1.13 bits per heavy atom. The van der Waals surface area contributed by atoms with Crippen molar-refractivity contribution in [2.45, 2.75) is 0 Å². The Kier molecular flexibility index (Phi) is 32.0. The quantitative estimate of drug-likeness (QED) is 0.335. The fraction of sp³-hybridized carbons (Fsp3) is 0. The molecule has 0 aliphatic heterocycles. The predicted molar refractivity (Wildman–Crippen MR) is 47.3 cm³/mol. The number of rotatable bonds is 0. The van der Waals surface area contributed by atoms with E-state index < -0.39 is 0 Å². The third kappa shape index (κ3) is 16.8. The summed E-state index contributed by atoms with van der Waals surface area (Å²) in [4.78, 5) is 0. The van der Waals surface area contributed by atoms with Crippen molar-refractivity contribution in [3.8, 4) is 0 Å². The molecule has 2 aromatic carbocycles. The van der Waals surface area contributed by atoms with Crippen LogP contribution in [-0.2, 0) is 21.7 Å². The second-order valence-electron chi connectivity index (χ2n) is 2.04. The van der Waals surface area contributed by atoms with Crippen LogP contribution >= 0.6 is 0 Å². The van der Waals surface area contributed by atoms with Crippen molar-refractivity contribution in [3.63, 3.8) is 0 Å². The molecule has 81 valence electrons. The van der Waals surface area contributed by atoms with E-state index in [1.54, 1.807) is 0 Å². The van der Waals surface area contributed by atoms with Crippen LogP contribution in [0.4, 0.5) is 0 Å². The third-order valence-electron chi connectivity index (χ3n) is 1.16. The van der Waals surface area contributed by atoms with Crippen LogP contribution in [0.2, 0.25) is 0 Å². The van der Waals surface area contributed by atoms with E-state index in [1.807, 2.05) is 60.7 Å². The van der Waals surface area contributed by atoms with Crippen LogP contribution in [0, 0.1) is 6.07 Å². The summed E-state index contributed by atoms with van der Waals surface area (Å²) in [5, 5.41) is 0. The van der Waals surface area contributed by atoms with Gasteiger partial charge in [-0.15, -0.1) is 0 Å². The molecule has 0 nitrogen and oxygen atoms in total. The van der Waals surface area contributed by atoms with Crippen LogP contribution in [-0.4, -0.2) is 0 Å². The molecule has 0 unspecified atom stereocenters. The van der Waals surface area contributed by atoms with Gasteiger partial charge in [-0.2, -0.15) is 54.6 Å². The zero-order chi connectivity index (χ0) is 7.78. The molecule has 0 heterocycles. The van der Waals surface area contributed by atoms with Gasteiger partial charge in [-0.25, -0.2) is 12.1 Å². The summed E-state index contributed by atoms with van der Waals surface area (Å²) in [5.74, 6) is 0. The average Bonchev–Trinajstić information content (AvgIpc) is 2.64. The van der Waals surface area contributed by atoms with Gasteiger partial charge in [0, 0.05) is 0 Å². The van der Waals surface area contributed by atoms with Gasteiger partial charge in [0.2, 0.25) is 0 Å². The monoisotopic (exact) mass is 295 g/mol. The largest absolute Gasteiger partial charge is 3.00 e. The van der Waals surface area contributed by atoms with Gasteiger partial charge >= 0.3 is 21.7 Å². The molecule has 0 saturated heterocycles. The zero-order valence-corrected chi connectivity index (χ0v) is 11.7. The molecule has 2 aromatic rings. The third-order valence-corrected chi connectivity index (χ3v) is 1.16. The van der Waals surface area contributed by atoms with Crippen molar-refractivity contribution in [2.24, 2.45) is 0 Å². The molecule has 0 spiro atoms. The smallest absolute Gasteiger partial charge is 1.00 e. The van der Waals surface area contributed by atoms with E-state index in [0.717, 1.165) is 0 Å². The summed E-state index contributed by atoms with van der Waals surface area (Å²) in [6.07, 6.45) is 0. The van der Waals surface area contributed by atoms with Crippen LogP contribution in [0.5, 0.6) is 0 Å². The zero-order valence-electron chi connectivity index (χ0n) is 7.91. The molecule has 1 radical (unpaired) electrons. The number of halogens is 3. The van der Waals surface area contributed by atoms with E-state index >= 15 is 0 Å². The van der Waals surface area contributed by atoms with E-state index in [9.17, 15) is 0 Å². The first-order valence-electron chi connectivity index (χ1n) is 3.58.